The first-order valence-electron chi connectivity index (χ1n) is 6.39. The third-order valence-corrected chi connectivity index (χ3v) is 3.86. The maximum absolute atomic E-state index is 13.3. The van der Waals surface area contributed by atoms with E-state index in [-0.39, 0.29) is 16.1 Å². The van der Waals surface area contributed by atoms with Gasteiger partial charge in [0.15, 0.2) is 0 Å². The summed E-state index contributed by atoms with van der Waals surface area (Å²) in [6.45, 7) is 1.82. The lowest BCUT2D eigenvalue weighted by Gasteiger charge is -2.16. The third-order valence-electron chi connectivity index (χ3n) is 3.31. The predicted molar refractivity (Wildman–Crippen MR) is 78.9 cm³/mol. The van der Waals surface area contributed by atoms with E-state index >= 15 is 0 Å². The van der Waals surface area contributed by atoms with E-state index in [4.69, 9.17) is 23.2 Å². The van der Waals surface area contributed by atoms with Crippen molar-refractivity contribution in [3.8, 4) is 11.1 Å². The molecule has 0 bridgehead atoms. The fourth-order valence-electron chi connectivity index (χ4n) is 2.34. The standard InChI is InChI=1S/C14H12Cl2FN3/c15-12-11(9-4-3-5-10(17)8-9)13(16)19-14(18-12)20-6-1-2-7-20/h3-5,8H,1-2,6-7H2. The SMILES string of the molecule is Fc1cccc(-c2c(Cl)nc(N3CCCC3)nc2Cl)c1. The quantitative estimate of drug-likeness (QED) is 0.779. The van der Waals surface area contributed by atoms with E-state index in [0.717, 1.165) is 25.9 Å². The van der Waals surface area contributed by atoms with E-state index in [1.807, 2.05) is 4.90 Å². The van der Waals surface area contributed by atoms with Crippen LogP contribution in [0.1, 0.15) is 12.8 Å². The second-order valence-electron chi connectivity index (χ2n) is 4.68. The fraction of sp³-hybridized carbons (Fsp3) is 0.286. The van der Waals surface area contributed by atoms with Crippen LogP contribution in [0, 0.1) is 5.82 Å². The molecule has 0 saturated carbocycles. The van der Waals surface area contributed by atoms with Crippen molar-refractivity contribution in [2.45, 2.75) is 12.8 Å². The molecule has 104 valence electrons. The van der Waals surface area contributed by atoms with Gasteiger partial charge in [-0.05, 0) is 30.5 Å². The van der Waals surface area contributed by atoms with Crippen molar-refractivity contribution in [2.75, 3.05) is 18.0 Å². The number of hydrogen-bond acceptors (Lipinski definition) is 3. The number of halogens is 3. The molecule has 0 N–H and O–H groups in total. The van der Waals surface area contributed by atoms with Gasteiger partial charge in [-0.1, -0.05) is 35.3 Å². The molecule has 0 unspecified atom stereocenters. The largest absolute Gasteiger partial charge is 0.341 e. The first kappa shape index (κ1) is 13.6. The molecular formula is C14H12Cl2FN3. The van der Waals surface area contributed by atoms with Crippen molar-refractivity contribution in [1.82, 2.24) is 9.97 Å². The molecule has 1 saturated heterocycles. The Morgan fingerprint density at radius 1 is 1.05 bits per heavy atom. The third kappa shape index (κ3) is 2.58. The summed E-state index contributed by atoms with van der Waals surface area (Å²) >= 11 is 12.4. The van der Waals surface area contributed by atoms with Gasteiger partial charge in [0.25, 0.3) is 0 Å². The Balaban J connectivity index is 2.04. The highest BCUT2D eigenvalue weighted by Crippen LogP contribution is 2.34. The van der Waals surface area contributed by atoms with Crippen molar-refractivity contribution < 1.29 is 4.39 Å². The van der Waals surface area contributed by atoms with E-state index in [1.165, 1.54) is 12.1 Å². The molecule has 1 aromatic heterocycles. The Morgan fingerprint density at radius 2 is 1.70 bits per heavy atom. The van der Waals surface area contributed by atoms with Crippen LogP contribution >= 0.6 is 23.2 Å². The molecule has 1 aliphatic rings. The van der Waals surface area contributed by atoms with Gasteiger partial charge < -0.3 is 4.90 Å². The minimum Gasteiger partial charge on any atom is -0.341 e. The Morgan fingerprint density at radius 3 is 2.30 bits per heavy atom. The maximum atomic E-state index is 13.3. The molecule has 2 aromatic rings. The lowest BCUT2D eigenvalue weighted by Crippen LogP contribution is -2.20. The van der Waals surface area contributed by atoms with Crippen LogP contribution in [0.4, 0.5) is 10.3 Å². The van der Waals surface area contributed by atoms with Crippen molar-refractivity contribution in [3.63, 3.8) is 0 Å². The summed E-state index contributed by atoms with van der Waals surface area (Å²) in [4.78, 5) is 10.6. The maximum Gasteiger partial charge on any atom is 0.228 e. The number of nitrogens with zero attached hydrogens (tertiary/aromatic N) is 3. The topological polar surface area (TPSA) is 29.0 Å². The second kappa shape index (κ2) is 5.54. The first-order valence-corrected chi connectivity index (χ1v) is 7.14. The van der Waals surface area contributed by atoms with Crippen LogP contribution in [-0.4, -0.2) is 23.1 Å². The number of anilines is 1. The molecule has 0 aliphatic carbocycles. The van der Waals surface area contributed by atoms with Gasteiger partial charge in [-0.3, -0.25) is 0 Å². The van der Waals surface area contributed by atoms with E-state index < -0.39 is 0 Å². The molecule has 20 heavy (non-hydrogen) atoms. The van der Waals surface area contributed by atoms with E-state index in [0.29, 0.717) is 17.1 Å². The Hall–Kier alpha value is -1.39. The summed E-state index contributed by atoms with van der Waals surface area (Å²) in [6.07, 6.45) is 2.23. The van der Waals surface area contributed by atoms with Crippen LogP contribution in [0.2, 0.25) is 10.3 Å². The minimum atomic E-state index is -0.349. The first-order chi connectivity index (χ1) is 9.65. The van der Waals surface area contributed by atoms with E-state index in [1.54, 1.807) is 12.1 Å². The normalized spacial score (nSPS) is 14.8. The smallest absolute Gasteiger partial charge is 0.228 e. The average Bonchev–Trinajstić information content (AvgIpc) is 2.91. The molecule has 0 amide bonds. The van der Waals surface area contributed by atoms with Gasteiger partial charge in [-0.25, -0.2) is 14.4 Å². The van der Waals surface area contributed by atoms with Gasteiger partial charge in [-0.2, -0.15) is 0 Å². The van der Waals surface area contributed by atoms with Crippen molar-refractivity contribution in [3.05, 3.63) is 40.4 Å². The van der Waals surface area contributed by atoms with Gasteiger partial charge >= 0.3 is 0 Å². The van der Waals surface area contributed by atoms with E-state index in [2.05, 4.69) is 9.97 Å². The predicted octanol–water partition coefficient (Wildman–Crippen LogP) is 4.19. The zero-order valence-corrected chi connectivity index (χ0v) is 12.1. The Labute approximate surface area is 126 Å². The van der Waals surface area contributed by atoms with Crippen LogP contribution in [0.3, 0.4) is 0 Å². The van der Waals surface area contributed by atoms with Gasteiger partial charge in [0.1, 0.15) is 16.1 Å². The second-order valence-corrected chi connectivity index (χ2v) is 5.40. The number of aromatic nitrogens is 2. The van der Waals surface area contributed by atoms with Crippen molar-refractivity contribution in [2.24, 2.45) is 0 Å². The van der Waals surface area contributed by atoms with Crippen LogP contribution in [0.15, 0.2) is 24.3 Å². The molecule has 3 nitrogen and oxygen atoms in total. The molecule has 1 aliphatic heterocycles. The van der Waals surface area contributed by atoms with Crippen molar-refractivity contribution >= 4 is 29.2 Å². The summed E-state index contributed by atoms with van der Waals surface area (Å²) in [6, 6.07) is 6.07. The fourth-order valence-corrected chi connectivity index (χ4v) is 2.94. The molecule has 1 fully saturated rings. The highest BCUT2D eigenvalue weighted by Gasteiger charge is 2.19. The summed E-state index contributed by atoms with van der Waals surface area (Å²) in [7, 11) is 0. The monoisotopic (exact) mass is 311 g/mol. The van der Waals surface area contributed by atoms with Gasteiger partial charge in [0.2, 0.25) is 5.95 Å². The molecule has 1 aromatic carbocycles. The summed E-state index contributed by atoms with van der Waals surface area (Å²) in [5.41, 5.74) is 1.05. The number of hydrogen-bond donors (Lipinski definition) is 0. The number of benzene rings is 1. The van der Waals surface area contributed by atoms with Crippen LogP contribution in [0.25, 0.3) is 11.1 Å². The lowest BCUT2D eigenvalue weighted by molar-refractivity contribution is 0.628. The Kier molecular flexibility index (Phi) is 3.76. The summed E-state index contributed by atoms with van der Waals surface area (Å²) in [5, 5.41) is 0.495. The molecule has 3 rings (SSSR count). The summed E-state index contributed by atoms with van der Waals surface area (Å²) < 4.78 is 13.3. The number of rotatable bonds is 2. The van der Waals surface area contributed by atoms with Gasteiger partial charge in [-0.15, -0.1) is 0 Å². The zero-order chi connectivity index (χ0) is 14.1. The minimum absolute atomic E-state index is 0.248. The molecular weight excluding hydrogens is 300 g/mol. The average molecular weight is 312 g/mol. The lowest BCUT2D eigenvalue weighted by atomic mass is 10.1. The molecule has 0 radical (unpaired) electrons. The summed E-state index contributed by atoms with van der Waals surface area (Å²) in [5.74, 6) is 0.191. The molecule has 0 atom stereocenters. The Bertz CT molecular complexity index is 619. The molecule has 6 heteroatoms. The van der Waals surface area contributed by atoms with Gasteiger partial charge in [0, 0.05) is 13.1 Å². The molecule has 2 heterocycles. The van der Waals surface area contributed by atoms with Crippen molar-refractivity contribution in [1.29, 1.82) is 0 Å². The molecule has 0 spiro atoms. The highest BCUT2D eigenvalue weighted by atomic mass is 35.5. The van der Waals surface area contributed by atoms with Crippen LogP contribution < -0.4 is 4.90 Å². The van der Waals surface area contributed by atoms with Gasteiger partial charge in [0.05, 0.1) is 5.56 Å². The van der Waals surface area contributed by atoms with Crippen LogP contribution in [-0.2, 0) is 0 Å². The zero-order valence-electron chi connectivity index (χ0n) is 10.6. The van der Waals surface area contributed by atoms with Crippen LogP contribution in [0.5, 0.6) is 0 Å². The highest BCUT2D eigenvalue weighted by molar-refractivity contribution is 6.37. The van der Waals surface area contributed by atoms with E-state index in [9.17, 15) is 4.39 Å².